The molecule has 12 heteroatoms. The fourth-order valence-corrected chi connectivity index (χ4v) is 5.21. The highest BCUT2D eigenvalue weighted by atomic mass is 19.3. The fraction of sp³-hybridized carbons (Fsp3) is 0.423. The molecule has 1 aliphatic carbocycles. The van der Waals surface area contributed by atoms with Crippen LogP contribution in [0.4, 0.5) is 18.9 Å². The normalized spacial score (nSPS) is 22.7. The summed E-state index contributed by atoms with van der Waals surface area (Å²) in [5.74, 6) is -1.62. The highest BCUT2D eigenvalue weighted by Crippen LogP contribution is 2.51. The molecule has 1 fully saturated rings. The van der Waals surface area contributed by atoms with Crippen LogP contribution in [0.2, 0.25) is 0 Å². The second-order valence-electron chi connectivity index (χ2n) is 10.3. The van der Waals surface area contributed by atoms with Crippen LogP contribution in [-0.4, -0.2) is 58.0 Å². The number of amides is 1. The number of fused-ring (bicyclic) bond motifs is 3. The van der Waals surface area contributed by atoms with Crippen molar-refractivity contribution in [2.45, 2.75) is 49.5 Å². The molecule has 1 saturated carbocycles. The number of hydrogen-bond acceptors (Lipinski definition) is 7. The van der Waals surface area contributed by atoms with Gasteiger partial charge in [-0.2, -0.15) is 0 Å². The summed E-state index contributed by atoms with van der Waals surface area (Å²) < 4.78 is 58.6. The maximum absolute atomic E-state index is 15.3. The minimum absolute atomic E-state index is 0.00355. The van der Waals surface area contributed by atoms with Crippen molar-refractivity contribution in [2.24, 2.45) is 0 Å². The van der Waals surface area contributed by atoms with Gasteiger partial charge < -0.3 is 39.4 Å². The van der Waals surface area contributed by atoms with Gasteiger partial charge in [0.15, 0.2) is 11.5 Å². The van der Waals surface area contributed by atoms with Crippen molar-refractivity contribution in [3.63, 3.8) is 0 Å². The van der Waals surface area contributed by atoms with Crippen LogP contribution in [0.25, 0.3) is 10.9 Å². The van der Waals surface area contributed by atoms with Gasteiger partial charge in [0.1, 0.15) is 23.6 Å². The number of halogens is 3. The van der Waals surface area contributed by atoms with Crippen molar-refractivity contribution in [2.75, 3.05) is 25.1 Å². The summed E-state index contributed by atoms with van der Waals surface area (Å²) in [4.78, 5) is 13.4. The van der Waals surface area contributed by atoms with Crippen LogP contribution in [0.15, 0.2) is 30.3 Å². The third kappa shape index (κ3) is 3.77. The maximum atomic E-state index is 15.3. The number of carbonyl (C=O) groups excluding carboxylic acids is 1. The lowest BCUT2D eigenvalue weighted by Gasteiger charge is -2.22. The average molecular weight is 534 g/mol. The lowest BCUT2D eigenvalue weighted by molar-refractivity contribution is -0.286. The first-order chi connectivity index (χ1) is 18.0. The monoisotopic (exact) mass is 534 g/mol. The van der Waals surface area contributed by atoms with Gasteiger partial charge in [0.25, 0.3) is 0 Å². The van der Waals surface area contributed by atoms with Crippen molar-refractivity contribution in [1.82, 2.24) is 4.57 Å². The summed E-state index contributed by atoms with van der Waals surface area (Å²) in [6, 6.07) is 6.97. The number of hydrogen-bond donors (Lipinski definition) is 4. The second kappa shape index (κ2) is 8.26. The minimum atomic E-state index is -3.83. The van der Waals surface area contributed by atoms with E-state index in [1.807, 2.05) is 0 Å². The molecule has 0 bridgehead atoms. The number of aromatic nitrogens is 1. The molecule has 0 radical (unpaired) electrons. The standard InChI is InChI=1S/C26H25F3N2O7/c1-24(12-36-19-8-21-20(6-15(19)24)37-26(28,29)38-21)23(35)30-17-4-13-5-22(25(11-33)2-3-25)31(9-14(34)10-32)18(13)7-16(17)27/h4-8,14,32-34H,2-3,9-12H2,1H3,(H,30,35)/t14-,24?/m1/s1. The predicted molar refractivity (Wildman–Crippen MR) is 127 cm³/mol. The molecule has 38 heavy (non-hydrogen) atoms. The van der Waals surface area contributed by atoms with Gasteiger partial charge in [-0.1, -0.05) is 0 Å². The highest BCUT2D eigenvalue weighted by molar-refractivity contribution is 6.01. The molecule has 1 amide bonds. The van der Waals surface area contributed by atoms with Crippen LogP contribution in [0.1, 0.15) is 31.0 Å². The Kier molecular flexibility index (Phi) is 5.40. The summed E-state index contributed by atoms with van der Waals surface area (Å²) in [6.45, 7) is 0.835. The third-order valence-electron chi connectivity index (χ3n) is 7.66. The van der Waals surface area contributed by atoms with E-state index in [0.29, 0.717) is 22.2 Å². The van der Waals surface area contributed by atoms with Gasteiger partial charge in [-0.05, 0) is 38.0 Å². The summed E-state index contributed by atoms with van der Waals surface area (Å²) in [7, 11) is 0. The molecule has 3 aliphatic rings. The average Bonchev–Trinajstić information content (AvgIpc) is 3.38. The Morgan fingerprint density at radius 2 is 1.82 bits per heavy atom. The zero-order valence-electron chi connectivity index (χ0n) is 20.3. The first kappa shape index (κ1) is 24.8. The topological polar surface area (TPSA) is 122 Å². The molecule has 2 atom stereocenters. The molecule has 0 spiro atoms. The zero-order valence-corrected chi connectivity index (χ0v) is 20.3. The number of rotatable bonds is 7. The predicted octanol–water partition coefficient (Wildman–Crippen LogP) is 2.77. The molecule has 2 aromatic carbocycles. The van der Waals surface area contributed by atoms with E-state index < -0.39 is 41.6 Å². The minimum Gasteiger partial charge on any atom is -0.492 e. The molecule has 3 aromatic rings. The first-order valence-electron chi connectivity index (χ1n) is 12.1. The Balaban J connectivity index is 1.33. The van der Waals surface area contributed by atoms with Crippen LogP contribution in [0, 0.1) is 5.82 Å². The lowest BCUT2D eigenvalue weighted by Crippen LogP contribution is -2.39. The number of nitrogens with one attached hydrogen (secondary N) is 1. The summed E-state index contributed by atoms with van der Waals surface area (Å²) in [5, 5.41) is 32.6. The van der Waals surface area contributed by atoms with Crippen molar-refractivity contribution in [3.8, 4) is 17.2 Å². The number of anilines is 1. The van der Waals surface area contributed by atoms with Gasteiger partial charge in [-0.3, -0.25) is 4.79 Å². The second-order valence-corrected chi connectivity index (χ2v) is 10.3. The van der Waals surface area contributed by atoms with E-state index in [9.17, 15) is 28.9 Å². The maximum Gasteiger partial charge on any atom is 0.586 e. The van der Waals surface area contributed by atoms with E-state index in [1.165, 1.54) is 24.3 Å². The summed E-state index contributed by atoms with van der Waals surface area (Å²) in [6.07, 6.45) is -3.46. The lowest BCUT2D eigenvalue weighted by atomic mass is 9.83. The van der Waals surface area contributed by atoms with Crippen LogP contribution in [0.3, 0.4) is 0 Å². The molecule has 4 N–H and O–H groups in total. The van der Waals surface area contributed by atoms with Crippen molar-refractivity contribution < 1.29 is 47.5 Å². The van der Waals surface area contributed by atoms with Gasteiger partial charge in [0.05, 0.1) is 37.1 Å². The number of aliphatic hydroxyl groups is 3. The molecule has 9 nitrogen and oxygen atoms in total. The highest BCUT2D eigenvalue weighted by Gasteiger charge is 2.49. The van der Waals surface area contributed by atoms with Gasteiger partial charge in [0, 0.05) is 34.2 Å². The number of aliphatic hydroxyl groups excluding tert-OH is 3. The van der Waals surface area contributed by atoms with Crippen LogP contribution < -0.4 is 19.5 Å². The smallest absolute Gasteiger partial charge is 0.492 e. The Bertz CT molecular complexity index is 1470. The van der Waals surface area contributed by atoms with E-state index in [4.69, 9.17) is 4.74 Å². The van der Waals surface area contributed by atoms with Crippen LogP contribution in [-0.2, 0) is 22.2 Å². The molecule has 1 unspecified atom stereocenters. The van der Waals surface area contributed by atoms with Gasteiger partial charge >= 0.3 is 6.29 Å². The molecule has 2 aliphatic heterocycles. The Morgan fingerprint density at radius 1 is 1.11 bits per heavy atom. The fourth-order valence-electron chi connectivity index (χ4n) is 5.21. The molecule has 202 valence electrons. The first-order valence-corrected chi connectivity index (χ1v) is 12.1. The van der Waals surface area contributed by atoms with Gasteiger partial charge in [0.2, 0.25) is 5.91 Å². The number of nitrogens with zero attached hydrogens (tertiary/aromatic N) is 1. The van der Waals surface area contributed by atoms with E-state index in [0.717, 1.165) is 12.8 Å². The number of benzene rings is 2. The van der Waals surface area contributed by atoms with E-state index in [1.54, 1.807) is 17.6 Å². The van der Waals surface area contributed by atoms with Crippen molar-refractivity contribution in [1.29, 1.82) is 0 Å². The molecule has 6 rings (SSSR count). The Hall–Kier alpha value is -3.48. The van der Waals surface area contributed by atoms with E-state index >= 15 is 4.39 Å². The summed E-state index contributed by atoms with van der Waals surface area (Å²) in [5.41, 5.74) is -0.508. The quantitative estimate of drug-likeness (QED) is 0.368. The molecule has 0 saturated heterocycles. The molecule has 1 aromatic heterocycles. The molecule has 3 heterocycles. The number of carbonyl (C=O) groups is 1. The van der Waals surface area contributed by atoms with Crippen molar-refractivity contribution in [3.05, 3.63) is 47.4 Å². The Morgan fingerprint density at radius 3 is 2.47 bits per heavy atom. The number of alkyl halides is 2. The van der Waals surface area contributed by atoms with Gasteiger partial charge in [-0.25, -0.2) is 4.39 Å². The van der Waals surface area contributed by atoms with Crippen LogP contribution >= 0.6 is 0 Å². The third-order valence-corrected chi connectivity index (χ3v) is 7.66. The molecular weight excluding hydrogens is 509 g/mol. The zero-order chi connectivity index (χ0) is 27.0. The largest absolute Gasteiger partial charge is 0.586 e. The number of ether oxygens (including phenoxy) is 3. The van der Waals surface area contributed by atoms with Crippen LogP contribution in [0.5, 0.6) is 17.2 Å². The van der Waals surface area contributed by atoms with E-state index in [-0.39, 0.29) is 42.7 Å². The van der Waals surface area contributed by atoms with Crippen molar-refractivity contribution >= 4 is 22.5 Å². The SMILES string of the molecule is CC1(C(=O)Nc2cc3cc(C4(CO)CC4)n(C[C@@H](O)CO)c3cc2F)COc2cc3c(cc21)OC(F)(F)O3. The van der Waals surface area contributed by atoms with E-state index in [2.05, 4.69) is 14.8 Å². The summed E-state index contributed by atoms with van der Waals surface area (Å²) >= 11 is 0. The molecular formula is C26H25F3N2O7. The van der Waals surface area contributed by atoms with Gasteiger partial charge in [-0.15, -0.1) is 8.78 Å². The Labute approximate surface area is 214 Å².